The van der Waals surface area contributed by atoms with Crippen LogP contribution in [0.15, 0.2) is 60.7 Å². The molecule has 2 heterocycles. The second-order valence-corrected chi connectivity index (χ2v) is 7.35. The van der Waals surface area contributed by atoms with Crippen LogP contribution in [-0.2, 0) is 0 Å². The molecular formula is C22H19NS. The minimum Gasteiger partial charge on any atom is -0.237 e. The number of benzene rings is 2. The number of hydrogen-bond acceptors (Lipinski definition) is 2. The zero-order chi connectivity index (χ0) is 16.7. The van der Waals surface area contributed by atoms with Crippen molar-refractivity contribution >= 4 is 21.6 Å². The molecule has 0 bridgehead atoms. The molecule has 1 nitrogen and oxygen atoms in total. The summed E-state index contributed by atoms with van der Waals surface area (Å²) in [5.74, 6) is 0. The number of thiophene rings is 1. The second kappa shape index (κ2) is 5.88. The van der Waals surface area contributed by atoms with E-state index < -0.39 is 0 Å². The third-order valence-corrected chi connectivity index (χ3v) is 5.61. The molecule has 4 rings (SSSR count). The molecule has 0 amide bonds. The molecule has 4 aromatic rings. The van der Waals surface area contributed by atoms with E-state index in [0.717, 1.165) is 10.5 Å². The van der Waals surface area contributed by atoms with Gasteiger partial charge in [-0.3, -0.25) is 0 Å². The van der Waals surface area contributed by atoms with Crippen LogP contribution >= 0.6 is 11.3 Å². The Balaban J connectivity index is 1.87. The summed E-state index contributed by atoms with van der Waals surface area (Å²) in [6, 6.07) is 21.6. The number of nitrogens with zero attached hydrogens (tertiary/aromatic N) is 1. The van der Waals surface area contributed by atoms with Gasteiger partial charge in [0.15, 0.2) is 0 Å². The Morgan fingerprint density at radius 3 is 2.17 bits per heavy atom. The molecule has 0 spiro atoms. The fraction of sp³-hybridized carbons (Fsp3) is 0.136. The second-order valence-electron chi connectivity index (χ2n) is 6.35. The number of aryl methyl sites for hydroxylation is 3. The highest BCUT2D eigenvalue weighted by atomic mass is 32.1. The molecule has 24 heavy (non-hydrogen) atoms. The van der Waals surface area contributed by atoms with Crippen LogP contribution in [0.1, 0.15) is 16.7 Å². The molecule has 118 valence electrons. The van der Waals surface area contributed by atoms with E-state index >= 15 is 0 Å². The van der Waals surface area contributed by atoms with Crippen LogP contribution in [0.25, 0.3) is 31.9 Å². The standard InChI is InChI=1S/C22H19NS/c1-14-11-15(2)13-18(12-14)20-10-9-19-16(3)21(24-22(19)23-20)17-7-5-4-6-8-17/h4-13H,1-3H3. The molecule has 0 aliphatic carbocycles. The average Bonchev–Trinajstić information content (AvgIpc) is 2.91. The largest absolute Gasteiger partial charge is 0.237 e. The molecule has 0 radical (unpaired) electrons. The van der Waals surface area contributed by atoms with Crippen molar-refractivity contribution in [1.29, 1.82) is 0 Å². The lowest BCUT2D eigenvalue weighted by Gasteiger charge is -2.04. The first-order valence-corrected chi connectivity index (χ1v) is 8.98. The van der Waals surface area contributed by atoms with Crippen molar-refractivity contribution in [3.8, 4) is 21.7 Å². The summed E-state index contributed by atoms with van der Waals surface area (Å²) in [6.07, 6.45) is 0. The van der Waals surface area contributed by atoms with Gasteiger partial charge >= 0.3 is 0 Å². The maximum absolute atomic E-state index is 4.95. The Hall–Kier alpha value is -2.45. The molecule has 0 saturated heterocycles. The number of aromatic nitrogens is 1. The molecule has 2 aromatic heterocycles. The molecule has 2 heteroatoms. The summed E-state index contributed by atoms with van der Waals surface area (Å²) in [4.78, 5) is 7.38. The molecule has 0 aliphatic rings. The Morgan fingerprint density at radius 2 is 1.46 bits per heavy atom. The predicted octanol–water partition coefficient (Wildman–Crippen LogP) is 6.56. The van der Waals surface area contributed by atoms with Gasteiger partial charge in [0.05, 0.1) is 5.69 Å². The van der Waals surface area contributed by atoms with Crippen LogP contribution in [-0.4, -0.2) is 4.98 Å². The van der Waals surface area contributed by atoms with Gasteiger partial charge in [0.2, 0.25) is 0 Å². The van der Waals surface area contributed by atoms with Crippen LogP contribution in [0.5, 0.6) is 0 Å². The highest BCUT2D eigenvalue weighted by molar-refractivity contribution is 7.22. The van der Waals surface area contributed by atoms with Crippen molar-refractivity contribution in [3.05, 3.63) is 77.4 Å². The molecule has 2 aromatic carbocycles. The van der Waals surface area contributed by atoms with E-state index in [1.165, 1.54) is 38.1 Å². The third-order valence-electron chi connectivity index (χ3n) is 4.36. The Kier molecular flexibility index (Phi) is 3.70. The Bertz CT molecular complexity index is 1010. The van der Waals surface area contributed by atoms with E-state index in [9.17, 15) is 0 Å². The van der Waals surface area contributed by atoms with Crippen LogP contribution in [0.4, 0.5) is 0 Å². The first-order valence-electron chi connectivity index (χ1n) is 8.16. The Morgan fingerprint density at radius 1 is 0.750 bits per heavy atom. The van der Waals surface area contributed by atoms with Gasteiger partial charge in [-0.1, -0.05) is 47.5 Å². The maximum Gasteiger partial charge on any atom is 0.124 e. The zero-order valence-corrected chi connectivity index (χ0v) is 14.9. The van der Waals surface area contributed by atoms with E-state index in [4.69, 9.17) is 4.98 Å². The quantitative estimate of drug-likeness (QED) is 0.406. The molecule has 0 aliphatic heterocycles. The van der Waals surface area contributed by atoms with Gasteiger partial charge in [-0.15, -0.1) is 11.3 Å². The van der Waals surface area contributed by atoms with Crippen LogP contribution in [0.3, 0.4) is 0 Å². The number of hydrogen-bond donors (Lipinski definition) is 0. The minimum absolute atomic E-state index is 1.05. The van der Waals surface area contributed by atoms with Crippen molar-refractivity contribution < 1.29 is 0 Å². The Labute approximate surface area is 146 Å². The fourth-order valence-electron chi connectivity index (χ4n) is 3.25. The average molecular weight is 329 g/mol. The highest BCUT2D eigenvalue weighted by Crippen LogP contribution is 2.38. The molecule has 0 saturated carbocycles. The van der Waals surface area contributed by atoms with Crippen molar-refractivity contribution in [3.63, 3.8) is 0 Å². The number of pyridine rings is 1. The first-order chi connectivity index (χ1) is 11.6. The lowest BCUT2D eigenvalue weighted by molar-refractivity contribution is 1.35. The molecule has 0 fully saturated rings. The summed E-state index contributed by atoms with van der Waals surface area (Å²) < 4.78 is 0. The summed E-state index contributed by atoms with van der Waals surface area (Å²) in [5.41, 5.74) is 7.39. The van der Waals surface area contributed by atoms with Gasteiger partial charge in [-0.25, -0.2) is 4.98 Å². The van der Waals surface area contributed by atoms with Crippen molar-refractivity contribution in [2.75, 3.05) is 0 Å². The van der Waals surface area contributed by atoms with Gasteiger partial charge in [-0.2, -0.15) is 0 Å². The number of rotatable bonds is 2. The zero-order valence-electron chi connectivity index (χ0n) is 14.1. The van der Waals surface area contributed by atoms with Gasteiger partial charge < -0.3 is 0 Å². The van der Waals surface area contributed by atoms with Gasteiger partial charge in [-0.05, 0) is 56.2 Å². The lowest BCUT2D eigenvalue weighted by atomic mass is 10.0. The van der Waals surface area contributed by atoms with Crippen molar-refractivity contribution in [2.45, 2.75) is 20.8 Å². The first kappa shape index (κ1) is 15.1. The topological polar surface area (TPSA) is 12.9 Å². The van der Waals surface area contributed by atoms with Gasteiger partial charge in [0, 0.05) is 15.8 Å². The van der Waals surface area contributed by atoms with Gasteiger partial charge in [0.25, 0.3) is 0 Å². The fourth-order valence-corrected chi connectivity index (χ4v) is 4.43. The summed E-state index contributed by atoms with van der Waals surface area (Å²) in [7, 11) is 0. The third kappa shape index (κ3) is 2.63. The monoisotopic (exact) mass is 329 g/mol. The molecule has 0 atom stereocenters. The summed E-state index contributed by atoms with van der Waals surface area (Å²) in [5, 5.41) is 1.26. The minimum atomic E-state index is 1.05. The van der Waals surface area contributed by atoms with E-state index in [-0.39, 0.29) is 0 Å². The molecule has 0 unspecified atom stereocenters. The van der Waals surface area contributed by atoms with E-state index in [1.54, 1.807) is 11.3 Å². The predicted molar refractivity (Wildman–Crippen MR) is 105 cm³/mol. The van der Waals surface area contributed by atoms with Crippen LogP contribution < -0.4 is 0 Å². The van der Waals surface area contributed by atoms with Crippen molar-refractivity contribution in [1.82, 2.24) is 4.98 Å². The maximum atomic E-state index is 4.95. The smallest absolute Gasteiger partial charge is 0.124 e. The van der Waals surface area contributed by atoms with E-state index in [2.05, 4.69) is 81.4 Å². The lowest BCUT2D eigenvalue weighted by Crippen LogP contribution is -1.86. The van der Waals surface area contributed by atoms with Crippen LogP contribution in [0.2, 0.25) is 0 Å². The normalized spacial score (nSPS) is 11.1. The summed E-state index contributed by atoms with van der Waals surface area (Å²) in [6.45, 7) is 6.47. The summed E-state index contributed by atoms with van der Waals surface area (Å²) >= 11 is 1.78. The van der Waals surface area contributed by atoms with E-state index in [1.807, 2.05) is 0 Å². The SMILES string of the molecule is Cc1cc(C)cc(-c2ccc3c(C)c(-c4ccccc4)sc3n2)c1. The molecular weight excluding hydrogens is 310 g/mol. The van der Waals surface area contributed by atoms with Crippen molar-refractivity contribution in [2.24, 2.45) is 0 Å². The van der Waals surface area contributed by atoms with Crippen LogP contribution in [0, 0.1) is 20.8 Å². The molecule has 0 N–H and O–H groups in total. The number of fused-ring (bicyclic) bond motifs is 1. The highest BCUT2D eigenvalue weighted by Gasteiger charge is 2.12. The van der Waals surface area contributed by atoms with E-state index in [0.29, 0.717) is 0 Å². The van der Waals surface area contributed by atoms with Gasteiger partial charge in [0.1, 0.15) is 4.83 Å².